The zero-order valence-corrected chi connectivity index (χ0v) is 14.6. The molecule has 0 spiro atoms. The number of carbonyl (C=O) groups is 2. The number of aromatic amines is 1. The molecule has 9 heteroatoms. The van der Waals surface area contributed by atoms with Gasteiger partial charge in [0.25, 0.3) is 0 Å². The fourth-order valence-electron chi connectivity index (χ4n) is 3.02. The number of imidazole rings is 1. The van der Waals surface area contributed by atoms with E-state index in [1.54, 1.807) is 11.8 Å². The number of aryl methyl sites for hydroxylation is 2. The highest BCUT2D eigenvalue weighted by molar-refractivity contribution is 5.90. The zero-order valence-electron chi connectivity index (χ0n) is 14.6. The molecule has 134 valence electrons. The van der Waals surface area contributed by atoms with Crippen LogP contribution in [0.2, 0.25) is 0 Å². The van der Waals surface area contributed by atoms with Gasteiger partial charge < -0.3 is 14.6 Å². The summed E-state index contributed by atoms with van der Waals surface area (Å²) in [5.41, 5.74) is 2.27. The average Bonchev–Trinajstić information content (AvgIpc) is 3.27. The quantitative estimate of drug-likeness (QED) is 0.822. The number of anilines is 1. The minimum Gasteiger partial charge on any atom is -0.461 e. The van der Waals surface area contributed by atoms with Crippen molar-refractivity contribution < 1.29 is 14.3 Å². The van der Waals surface area contributed by atoms with Crippen molar-refractivity contribution in [1.29, 1.82) is 0 Å². The molecule has 3 rings (SSSR count). The third-order valence-corrected chi connectivity index (χ3v) is 4.14. The van der Waals surface area contributed by atoms with Crippen LogP contribution in [0.25, 0.3) is 0 Å². The van der Waals surface area contributed by atoms with E-state index >= 15 is 0 Å². The average molecular weight is 346 g/mol. The van der Waals surface area contributed by atoms with E-state index in [1.165, 1.54) is 6.20 Å². The van der Waals surface area contributed by atoms with E-state index in [0.29, 0.717) is 13.1 Å². The number of ether oxygens (including phenoxy) is 1. The molecule has 0 radical (unpaired) electrons. The molecule has 1 fully saturated rings. The molecule has 1 saturated heterocycles. The Balaban J connectivity index is 1.59. The van der Waals surface area contributed by atoms with Gasteiger partial charge in [0.15, 0.2) is 0 Å². The third kappa shape index (κ3) is 3.65. The maximum Gasteiger partial charge on any atom is 0.356 e. The predicted octanol–water partition coefficient (Wildman–Crippen LogP) is 1.88. The Kier molecular flexibility index (Phi) is 4.73. The summed E-state index contributed by atoms with van der Waals surface area (Å²) >= 11 is 0. The standard InChI is InChI=1S/C16H22N6O3/c1-4-25-14(23)13-8-17-15(18-13)19-16(24)21-6-5-12(9-21)22-11(3)7-10(2)20-22/h7-8,12H,4-6,9H2,1-3H3,(H2,17,18,19,24)/t12-/m1/s1. The number of H-pyrrole nitrogens is 1. The molecule has 0 unspecified atom stereocenters. The first-order chi connectivity index (χ1) is 12.0. The van der Waals surface area contributed by atoms with Crippen LogP contribution in [-0.4, -0.2) is 56.3 Å². The second-order valence-electron chi connectivity index (χ2n) is 6.06. The van der Waals surface area contributed by atoms with Crippen molar-refractivity contribution in [3.8, 4) is 0 Å². The number of amides is 2. The minimum absolute atomic E-state index is 0.172. The molecule has 1 aliphatic rings. The van der Waals surface area contributed by atoms with Crippen LogP contribution >= 0.6 is 0 Å². The summed E-state index contributed by atoms with van der Waals surface area (Å²) in [4.78, 5) is 32.5. The van der Waals surface area contributed by atoms with Crippen LogP contribution in [0.5, 0.6) is 0 Å². The Labute approximate surface area is 145 Å². The highest BCUT2D eigenvalue weighted by Gasteiger charge is 2.29. The molecule has 2 aromatic heterocycles. The Hall–Kier alpha value is -2.84. The van der Waals surface area contributed by atoms with E-state index in [-0.39, 0.29) is 30.3 Å². The summed E-state index contributed by atoms with van der Waals surface area (Å²) in [7, 11) is 0. The molecule has 9 nitrogen and oxygen atoms in total. The lowest BCUT2D eigenvalue weighted by atomic mass is 10.2. The van der Waals surface area contributed by atoms with Crippen LogP contribution in [0.3, 0.4) is 0 Å². The number of hydrogen-bond acceptors (Lipinski definition) is 5. The van der Waals surface area contributed by atoms with Crippen molar-refractivity contribution >= 4 is 17.9 Å². The largest absolute Gasteiger partial charge is 0.461 e. The van der Waals surface area contributed by atoms with Gasteiger partial charge in [0.05, 0.1) is 24.5 Å². The SMILES string of the molecule is CCOC(=O)c1cnc(NC(=O)N2CC[C@@H](n3nc(C)cc3C)C2)[nH]1. The van der Waals surface area contributed by atoms with Crippen LogP contribution in [-0.2, 0) is 4.74 Å². The summed E-state index contributed by atoms with van der Waals surface area (Å²) in [6, 6.07) is 1.95. The Morgan fingerprint density at radius 2 is 2.24 bits per heavy atom. The van der Waals surface area contributed by atoms with E-state index in [9.17, 15) is 9.59 Å². The molecule has 0 aromatic carbocycles. The molecule has 1 aliphatic heterocycles. The normalized spacial score (nSPS) is 16.9. The van der Waals surface area contributed by atoms with Crippen molar-refractivity contribution in [3.63, 3.8) is 0 Å². The van der Waals surface area contributed by atoms with Gasteiger partial charge in [0.2, 0.25) is 5.95 Å². The molecule has 0 saturated carbocycles. The van der Waals surface area contributed by atoms with Crippen LogP contribution in [0, 0.1) is 13.8 Å². The molecule has 3 heterocycles. The second-order valence-corrected chi connectivity index (χ2v) is 6.06. The maximum absolute atomic E-state index is 12.4. The Morgan fingerprint density at radius 3 is 2.92 bits per heavy atom. The number of esters is 1. The van der Waals surface area contributed by atoms with E-state index in [2.05, 4.69) is 20.4 Å². The number of aromatic nitrogens is 4. The lowest BCUT2D eigenvalue weighted by Crippen LogP contribution is -2.33. The Morgan fingerprint density at radius 1 is 1.44 bits per heavy atom. The lowest BCUT2D eigenvalue weighted by Gasteiger charge is -2.17. The van der Waals surface area contributed by atoms with E-state index in [0.717, 1.165) is 17.8 Å². The van der Waals surface area contributed by atoms with E-state index in [4.69, 9.17) is 4.74 Å². The van der Waals surface area contributed by atoms with Gasteiger partial charge in [-0.15, -0.1) is 0 Å². The first-order valence-electron chi connectivity index (χ1n) is 8.28. The van der Waals surface area contributed by atoms with Crippen molar-refractivity contribution in [2.24, 2.45) is 0 Å². The molecule has 1 atom stereocenters. The molecule has 2 aromatic rings. The topological polar surface area (TPSA) is 105 Å². The van der Waals surface area contributed by atoms with Crippen molar-refractivity contribution in [2.45, 2.75) is 33.2 Å². The number of nitrogens with zero attached hydrogens (tertiary/aromatic N) is 4. The lowest BCUT2D eigenvalue weighted by molar-refractivity contribution is 0.0520. The number of carbonyl (C=O) groups excluding carboxylic acids is 2. The Bertz CT molecular complexity index is 781. The van der Waals surface area contributed by atoms with E-state index in [1.807, 2.05) is 24.6 Å². The molecule has 0 bridgehead atoms. The maximum atomic E-state index is 12.4. The minimum atomic E-state index is -0.499. The third-order valence-electron chi connectivity index (χ3n) is 4.14. The van der Waals surface area contributed by atoms with Crippen LogP contribution in [0.4, 0.5) is 10.7 Å². The summed E-state index contributed by atoms with van der Waals surface area (Å²) in [6.45, 7) is 7.20. The van der Waals surface area contributed by atoms with Gasteiger partial charge in [-0.05, 0) is 33.3 Å². The molecule has 25 heavy (non-hydrogen) atoms. The summed E-state index contributed by atoms with van der Waals surface area (Å²) in [5, 5.41) is 7.17. The van der Waals surface area contributed by atoms with Crippen molar-refractivity contribution in [2.75, 3.05) is 25.0 Å². The molecule has 2 N–H and O–H groups in total. The summed E-state index contributed by atoms with van der Waals surface area (Å²) in [5.74, 6) is -0.274. The van der Waals surface area contributed by atoms with Crippen molar-refractivity contribution in [3.05, 3.63) is 29.3 Å². The van der Waals surface area contributed by atoms with Gasteiger partial charge in [-0.25, -0.2) is 14.6 Å². The van der Waals surface area contributed by atoms with E-state index < -0.39 is 5.97 Å². The number of rotatable bonds is 4. The van der Waals surface area contributed by atoms with Gasteiger partial charge in [0.1, 0.15) is 5.69 Å². The molecular formula is C16H22N6O3. The predicted molar refractivity (Wildman–Crippen MR) is 90.5 cm³/mol. The van der Waals surface area contributed by atoms with Crippen LogP contribution in [0.15, 0.2) is 12.3 Å². The molecule has 0 aliphatic carbocycles. The summed E-state index contributed by atoms with van der Waals surface area (Å²) < 4.78 is 6.86. The highest BCUT2D eigenvalue weighted by atomic mass is 16.5. The number of likely N-dealkylation sites (tertiary alicyclic amines) is 1. The zero-order chi connectivity index (χ0) is 18.0. The number of urea groups is 1. The fourth-order valence-corrected chi connectivity index (χ4v) is 3.02. The van der Waals surface area contributed by atoms with Gasteiger partial charge in [0, 0.05) is 18.8 Å². The van der Waals surface area contributed by atoms with Gasteiger partial charge >= 0.3 is 12.0 Å². The van der Waals surface area contributed by atoms with Crippen LogP contribution < -0.4 is 5.32 Å². The highest BCUT2D eigenvalue weighted by Crippen LogP contribution is 2.23. The van der Waals surface area contributed by atoms with Gasteiger partial charge in [-0.2, -0.15) is 5.10 Å². The van der Waals surface area contributed by atoms with Crippen LogP contribution in [0.1, 0.15) is 41.3 Å². The monoisotopic (exact) mass is 346 g/mol. The first kappa shape index (κ1) is 17.0. The smallest absolute Gasteiger partial charge is 0.356 e. The van der Waals surface area contributed by atoms with Gasteiger partial charge in [-0.1, -0.05) is 0 Å². The molecule has 2 amide bonds. The van der Waals surface area contributed by atoms with Gasteiger partial charge in [-0.3, -0.25) is 10.00 Å². The summed E-state index contributed by atoms with van der Waals surface area (Å²) in [6.07, 6.45) is 2.19. The first-order valence-corrected chi connectivity index (χ1v) is 8.28. The molecular weight excluding hydrogens is 324 g/mol. The number of hydrogen-bond donors (Lipinski definition) is 2. The second kappa shape index (κ2) is 6.96. The van der Waals surface area contributed by atoms with Crippen molar-refractivity contribution in [1.82, 2.24) is 24.6 Å². The fraction of sp³-hybridized carbons (Fsp3) is 0.500. The number of nitrogens with one attached hydrogen (secondary N) is 2.